The number of benzene rings is 2. The van der Waals surface area contributed by atoms with E-state index < -0.39 is 0 Å². The first kappa shape index (κ1) is 24.0. The molecule has 176 valence electrons. The number of methoxy groups -OCH3 is 1. The molecule has 4 aromatic rings. The zero-order valence-corrected chi connectivity index (χ0v) is 21.2. The maximum absolute atomic E-state index is 12.4. The third-order valence-electron chi connectivity index (χ3n) is 5.35. The highest BCUT2D eigenvalue weighted by Gasteiger charge is 2.18. The maximum Gasteiger partial charge on any atom is 0.270 e. The van der Waals surface area contributed by atoms with Crippen molar-refractivity contribution in [2.45, 2.75) is 44.1 Å². The summed E-state index contributed by atoms with van der Waals surface area (Å²) in [6.07, 6.45) is 0.878. The van der Waals surface area contributed by atoms with Crippen LogP contribution in [0.1, 0.15) is 41.3 Å². The van der Waals surface area contributed by atoms with Crippen molar-refractivity contribution in [3.8, 4) is 22.8 Å². The highest BCUT2D eigenvalue weighted by atomic mass is 32.2. The second kappa shape index (κ2) is 10.8. The molecule has 7 nitrogen and oxygen atoms in total. The first-order valence-corrected chi connectivity index (χ1v) is 12.9. The molecule has 0 spiro atoms. The number of rotatable bonds is 9. The van der Waals surface area contributed by atoms with Gasteiger partial charge in [-0.2, -0.15) is 0 Å². The summed E-state index contributed by atoms with van der Waals surface area (Å²) in [5, 5.41) is 15.4. The lowest BCUT2D eigenvalue weighted by molar-refractivity contribution is 0.0935. The Morgan fingerprint density at radius 3 is 2.74 bits per heavy atom. The minimum absolute atomic E-state index is 0.120. The average Bonchev–Trinajstić information content (AvgIpc) is 3.50. The molecule has 0 aliphatic carbocycles. The maximum atomic E-state index is 12.4. The van der Waals surface area contributed by atoms with Gasteiger partial charge in [0.25, 0.3) is 5.91 Å². The van der Waals surface area contributed by atoms with Crippen LogP contribution in [0.15, 0.2) is 59.1 Å². The fourth-order valence-electron chi connectivity index (χ4n) is 3.25. The summed E-state index contributed by atoms with van der Waals surface area (Å²) >= 11 is 3.02. The van der Waals surface area contributed by atoms with Gasteiger partial charge in [0.2, 0.25) is 0 Å². The number of hydrogen-bond acceptors (Lipinski definition) is 7. The molecule has 9 heteroatoms. The van der Waals surface area contributed by atoms with Crippen molar-refractivity contribution in [3.63, 3.8) is 0 Å². The average molecular weight is 494 g/mol. The number of thiazole rings is 1. The molecule has 0 saturated carbocycles. The van der Waals surface area contributed by atoms with Crippen molar-refractivity contribution in [2.24, 2.45) is 0 Å². The number of aryl methyl sites for hydroxylation is 1. The summed E-state index contributed by atoms with van der Waals surface area (Å²) in [4.78, 5) is 16.9. The lowest BCUT2D eigenvalue weighted by Gasteiger charge is -2.11. The predicted molar refractivity (Wildman–Crippen MR) is 137 cm³/mol. The Morgan fingerprint density at radius 1 is 1.21 bits per heavy atom. The summed E-state index contributed by atoms with van der Waals surface area (Å²) in [5.74, 6) is 1.95. The van der Waals surface area contributed by atoms with Crippen LogP contribution in [-0.2, 0) is 5.75 Å². The van der Waals surface area contributed by atoms with Gasteiger partial charge in [0.15, 0.2) is 11.0 Å². The number of ether oxygens (including phenoxy) is 1. The van der Waals surface area contributed by atoms with Crippen LogP contribution in [0.2, 0.25) is 0 Å². The van der Waals surface area contributed by atoms with E-state index in [1.165, 1.54) is 16.9 Å². The summed E-state index contributed by atoms with van der Waals surface area (Å²) < 4.78 is 7.44. The van der Waals surface area contributed by atoms with Gasteiger partial charge in [-0.15, -0.1) is 21.5 Å². The number of carbonyl (C=O) groups excluding carboxylic acids is 1. The normalized spacial score (nSPS) is 11.9. The largest absolute Gasteiger partial charge is 0.497 e. The van der Waals surface area contributed by atoms with Gasteiger partial charge in [0, 0.05) is 22.7 Å². The molecule has 2 aromatic heterocycles. The molecule has 0 aliphatic rings. The number of nitrogens with one attached hydrogen (secondary N) is 1. The Hall–Kier alpha value is -3.17. The Balaban J connectivity index is 1.60. The molecule has 2 aromatic carbocycles. The number of aromatic nitrogens is 4. The van der Waals surface area contributed by atoms with Gasteiger partial charge in [-0.3, -0.25) is 9.36 Å². The van der Waals surface area contributed by atoms with Crippen LogP contribution in [0.4, 0.5) is 0 Å². The first-order chi connectivity index (χ1) is 16.5. The van der Waals surface area contributed by atoms with E-state index >= 15 is 0 Å². The van der Waals surface area contributed by atoms with Gasteiger partial charge in [0.1, 0.15) is 16.5 Å². The standard InChI is InChI=1S/C25H27N5O2S2/c1-5-17(3)26-24(31)21-14-33-22(27-21)15-34-25-29-28-23(18-7-6-8-20(13-18)32-4)30(25)19-11-9-16(2)10-12-19/h6-14,17H,5,15H2,1-4H3,(H,26,31). The molecule has 4 rings (SSSR count). The molecule has 1 atom stereocenters. The number of hydrogen-bond donors (Lipinski definition) is 1. The zero-order chi connectivity index (χ0) is 24.1. The van der Waals surface area contributed by atoms with E-state index in [-0.39, 0.29) is 11.9 Å². The van der Waals surface area contributed by atoms with Crippen LogP contribution in [0, 0.1) is 6.92 Å². The van der Waals surface area contributed by atoms with E-state index in [4.69, 9.17) is 4.74 Å². The molecule has 1 unspecified atom stereocenters. The van der Waals surface area contributed by atoms with Crippen molar-refractivity contribution in [1.29, 1.82) is 0 Å². The Morgan fingerprint density at radius 2 is 2.00 bits per heavy atom. The zero-order valence-electron chi connectivity index (χ0n) is 19.6. The lowest BCUT2D eigenvalue weighted by Crippen LogP contribution is -2.32. The summed E-state index contributed by atoms with van der Waals surface area (Å²) in [6, 6.07) is 16.2. The van der Waals surface area contributed by atoms with Crippen LogP contribution in [0.25, 0.3) is 17.1 Å². The van der Waals surface area contributed by atoms with E-state index in [1.807, 2.05) is 42.7 Å². The number of nitrogens with zero attached hydrogens (tertiary/aromatic N) is 4. The van der Waals surface area contributed by atoms with Crippen LogP contribution < -0.4 is 10.1 Å². The molecule has 0 saturated heterocycles. The van der Waals surface area contributed by atoms with Crippen LogP contribution in [0.3, 0.4) is 0 Å². The second-order valence-corrected chi connectivity index (χ2v) is 9.79. The molecule has 0 bridgehead atoms. The SMILES string of the molecule is CCC(C)NC(=O)c1csc(CSc2nnc(-c3cccc(OC)c3)n2-c2ccc(C)cc2)n1. The van der Waals surface area contributed by atoms with E-state index in [0.717, 1.165) is 39.4 Å². The van der Waals surface area contributed by atoms with E-state index in [2.05, 4.69) is 51.7 Å². The van der Waals surface area contributed by atoms with Crippen molar-refractivity contribution >= 4 is 29.0 Å². The molecule has 0 aliphatic heterocycles. The molecule has 1 N–H and O–H groups in total. The molecule has 0 fully saturated rings. The molecular formula is C25H27N5O2S2. The molecule has 0 radical (unpaired) electrons. The van der Waals surface area contributed by atoms with Gasteiger partial charge in [0.05, 0.1) is 12.9 Å². The van der Waals surface area contributed by atoms with Gasteiger partial charge in [-0.05, 0) is 44.5 Å². The topological polar surface area (TPSA) is 81.9 Å². The fraction of sp³-hybridized carbons (Fsp3) is 0.280. The lowest BCUT2D eigenvalue weighted by atomic mass is 10.2. The molecule has 34 heavy (non-hydrogen) atoms. The Labute approximate surface area is 207 Å². The number of thioether (sulfide) groups is 1. The van der Waals surface area contributed by atoms with Crippen LogP contribution in [-0.4, -0.2) is 38.8 Å². The van der Waals surface area contributed by atoms with E-state index in [9.17, 15) is 4.79 Å². The smallest absolute Gasteiger partial charge is 0.270 e. The second-order valence-electron chi connectivity index (χ2n) is 7.91. The summed E-state index contributed by atoms with van der Waals surface area (Å²) in [5.41, 5.74) is 3.53. The monoisotopic (exact) mass is 493 g/mol. The van der Waals surface area contributed by atoms with E-state index in [1.54, 1.807) is 24.3 Å². The minimum Gasteiger partial charge on any atom is -0.497 e. The number of carbonyl (C=O) groups is 1. The predicted octanol–water partition coefficient (Wildman–Crippen LogP) is 5.53. The third kappa shape index (κ3) is 5.48. The summed E-state index contributed by atoms with van der Waals surface area (Å²) in [7, 11) is 1.65. The highest BCUT2D eigenvalue weighted by molar-refractivity contribution is 7.98. The van der Waals surface area contributed by atoms with Gasteiger partial charge < -0.3 is 10.1 Å². The molecule has 2 heterocycles. The van der Waals surface area contributed by atoms with Crippen molar-refractivity contribution < 1.29 is 9.53 Å². The molecular weight excluding hydrogens is 466 g/mol. The van der Waals surface area contributed by atoms with E-state index in [0.29, 0.717) is 11.4 Å². The summed E-state index contributed by atoms with van der Waals surface area (Å²) in [6.45, 7) is 6.09. The van der Waals surface area contributed by atoms with Crippen molar-refractivity contribution in [1.82, 2.24) is 25.1 Å². The third-order valence-corrected chi connectivity index (χ3v) is 7.32. The Bertz CT molecular complexity index is 1270. The fourth-order valence-corrected chi connectivity index (χ4v) is 4.99. The minimum atomic E-state index is -0.134. The van der Waals surface area contributed by atoms with Gasteiger partial charge >= 0.3 is 0 Å². The van der Waals surface area contributed by atoms with Gasteiger partial charge in [-0.1, -0.05) is 48.5 Å². The van der Waals surface area contributed by atoms with Crippen LogP contribution >= 0.6 is 23.1 Å². The van der Waals surface area contributed by atoms with Crippen molar-refractivity contribution in [2.75, 3.05) is 7.11 Å². The van der Waals surface area contributed by atoms with Gasteiger partial charge in [-0.25, -0.2) is 4.98 Å². The highest BCUT2D eigenvalue weighted by Crippen LogP contribution is 2.31. The van der Waals surface area contributed by atoms with Crippen LogP contribution in [0.5, 0.6) is 5.75 Å². The number of amides is 1. The molecule has 1 amide bonds. The first-order valence-electron chi connectivity index (χ1n) is 11.0. The Kier molecular flexibility index (Phi) is 7.64. The quantitative estimate of drug-likeness (QED) is 0.309. The van der Waals surface area contributed by atoms with Crippen molar-refractivity contribution in [3.05, 3.63) is 70.2 Å².